The lowest BCUT2D eigenvalue weighted by Gasteiger charge is -2.20. The van der Waals surface area contributed by atoms with Gasteiger partial charge in [0.1, 0.15) is 5.75 Å². The van der Waals surface area contributed by atoms with Crippen LogP contribution in [0.2, 0.25) is 0 Å². The van der Waals surface area contributed by atoms with Crippen LogP contribution in [-0.2, 0) is 4.79 Å². The summed E-state index contributed by atoms with van der Waals surface area (Å²) in [6, 6.07) is 8.26. The summed E-state index contributed by atoms with van der Waals surface area (Å²) in [5.74, 6) is 1.34. The van der Waals surface area contributed by atoms with Gasteiger partial charge >= 0.3 is 0 Å². The predicted octanol–water partition coefficient (Wildman–Crippen LogP) is 1.71. The summed E-state index contributed by atoms with van der Waals surface area (Å²) < 4.78 is 5.15. The zero-order valence-corrected chi connectivity index (χ0v) is 11.2. The van der Waals surface area contributed by atoms with E-state index in [1.54, 1.807) is 7.11 Å². The van der Waals surface area contributed by atoms with Crippen molar-refractivity contribution in [2.24, 2.45) is 11.7 Å². The van der Waals surface area contributed by atoms with Crippen molar-refractivity contribution in [3.05, 3.63) is 29.8 Å². The fourth-order valence-electron chi connectivity index (χ4n) is 2.84. The quantitative estimate of drug-likeness (QED) is 0.896. The average Bonchev–Trinajstić information content (AvgIpc) is 3.21. The molecule has 1 aromatic rings. The normalized spacial score (nSPS) is 24.6. The topological polar surface area (TPSA) is 55.6 Å². The summed E-state index contributed by atoms with van der Waals surface area (Å²) in [7, 11) is 1.65. The van der Waals surface area contributed by atoms with Gasteiger partial charge in [0.15, 0.2) is 0 Å². The molecule has 2 unspecified atom stereocenters. The fourth-order valence-corrected chi connectivity index (χ4v) is 2.84. The molecule has 1 heterocycles. The van der Waals surface area contributed by atoms with Gasteiger partial charge in [-0.05, 0) is 30.5 Å². The lowest BCUT2D eigenvalue weighted by molar-refractivity contribution is -0.128. The molecule has 0 spiro atoms. The molecule has 2 aliphatic rings. The first-order valence-corrected chi connectivity index (χ1v) is 6.88. The van der Waals surface area contributed by atoms with E-state index in [2.05, 4.69) is 0 Å². The molecule has 1 saturated heterocycles. The maximum absolute atomic E-state index is 12.0. The molecule has 1 aliphatic heterocycles. The zero-order valence-electron chi connectivity index (χ0n) is 11.2. The Kier molecular flexibility index (Phi) is 3.19. The molecule has 2 N–H and O–H groups in total. The molecule has 4 nitrogen and oxygen atoms in total. The predicted molar refractivity (Wildman–Crippen MR) is 72.8 cm³/mol. The van der Waals surface area contributed by atoms with E-state index in [0.717, 1.165) is 30.7 Å². The van der Waals surface area contributed by atoms with Crippen molar-refractivity contribution in [1.29, 1.82) is 0 Å². The van der Waals surface area contributed by atoms with Crippen LogP contribution in [0.3, 0.4) is 0 Å². The Labute approximate surface area is 113 Å². The first-order valence-electron chi connectivity index (χ1n) is 6.88. The molecule has 0 aromatic heterocycles. The lowest BCUT2D eigenvalue weighted by Crippen LogP contribution is -2.29. The second kappa shape index (κ2) is 4.85. The number of methoxy groups -OCH3 is 1. The number of hydrogen-bond acceptors (Lipinski definition) is 3. The minimum absolute atomic E-state index is 0.0707. The molecule has 1 amide bonds. The van der Waals surface area contributed by atoms with Crippen molar-refractivity contribution in [3.63, 3.8) is 0 Å². The van der Waals surface area contributed by atoms with Gasteiger partial charge in [0.25, 0.3) is 0 Å². The van der Waals surface area contributed by atoms with Gasteiger partial charge in [-0.1, -0.05) is 12.1 Å². The first-order chi connectivity index (χ1) is 9.19. The molecule has 0 bridgehead atoms. The highest BCUT2D eigenvalue weighted by molar-refractivity contribution is 5.79. The van der Waals surface area contributed by atoms with Gasteiger partial charge in [0, 0.05) is 31.0 Å². The van der Waals surface area contributed by atoms with Gasteiger partial charge < -0.3 is 15.4 Å². The third-order valence-electron chi connectivity index (χ3n) is 4.18. The Morgan fingerprint density at radius 1 is 1.32 bits per heavy atom. The summed E-state index contributed by atoms with van der Waals surface area (Å²) in [6.07, 6.45) is 2.91. The Morgan fingerprint density at radius 3 is 2.58 bits per heavy atom. The number of likely N-dealkylation sites (tertiary alicyclic amines) is 1. The summed E-state index contributed by atoms with van der Waals surface area (Å²) in [5, 5.41) is 0. The van der Waals surface area contributed by atoms with Crippen molar-refractivity contribution >= 4 is 5.91 Å². The Balaban J connectivity index is 1.69. The van der Waals surface area contributed by atoms with Crippen LogP contribution in [-0.4, -0.2) is 30.5 Å². The fraction of sp³-hybridized carbons (Fsp3) is 0.533. The molecule has 102 valence electrons. The van der Waals surface area contributed by atoms with Crippen LogP contribution in [0.5, 0.6) is 5.75 Å². The van der Waals surface area contributed by atoms with Crippen LogP contribution in [0.25, 0.3) is 0 Å². The van der Waals surface area contributed by atoms with Gasteiger partial charge in [-0.15, -0.1) is 0 Å². The van der Waals surface area contributed by atoms with E-state index >= 15 is 0 Å². The molecular weight excluding hydrogens is 240 g/mol. The van der Waals surface area contributed by atoms with Gasteiger partial charge in [-0.25, -0.2) is 0 Å². The number of rotatable bonds is 4. The van der Waals surface area contributed by atoms with Gasteiger partial charge in [-0.2, -0.15) is 0 Å². The maximum atomic E-state index is 12.0. The van der Waals surface area contributed by atoms with Crippen molar-refractivity contribution in [1.82, 2.24) is 4.90 Å². The summed E-state index contributed by atoms with van der Waals surface area (Å²) in [6.45, 7) is 0.816. The smallest absolute Gasteiger partial charge is 0.223 e. The lowest BCUT2D eigenvalue weighted by atomic mass is 9.93. The molecule has 1 aliphatic carbocycles. The van der Waals surface area contributed by atoms with Gasteiger partial charge in [-0.3, -0.25) is 4.79 Å². The van der Waals surface area contributed by atoms with Crippen LogP contribution >= 0.6 is 0 Å². The van der Waals surface area contributed by atoms with Crippen LogP contribution in [0.1, 0.15) is 30.9 Å². The van der Waals surface area contributed by atoms with E-state index in [1.165, 1.54) is 0 Å². The van der Waals surface area contributed by atoms with E-state index in [1.807, 2.05) is 29.2 Å². The van der Waals surface area contributed by atoms with E-state index in [0.29, 0.717) is 12.5 Å². The third-order valence-corrected chi connectivity index (χ3v) is 4.18. The minimum atomic E-state index is -0.0707. The van der Waals surface area contributed by atoms with Crippen LogP contribution in [0.4, 0.5) is 0 Å². The molecular formula is C15H20N2O2. The van der Waals surface area contributed by atoms with Crippen molar-refractivity contribution in [2.45, 2.75) is 31.3 Å². The SMILES string of the molecule is COc1ccc(C(N)C2CC(=O)N(C3CC3)C2)cc1. The third kappa shape index (κ3) is 2.45. The van der Waals surface area contributed by atoms with Crippen LogP contribution < -0.4 is 10.5 Å². The van der Waals surface area contributed by atoms with E-state index < -0.39 is 0 Å². The maximum Gasteiger partial charge on any atom is 0.223 e. The number of ether oxygens (including phenoxy) is 1. The Bertz CT molecular complexity index is 468. The van der Waals surface area contributed by atoms with Crippen LogP contribution in [0.15, 0.2) is 24.3 Å². The van der Waals surface area contributed by atoms with E-state index in [9.17, 15) is 4.79 Å². The van der Waals surface area contributed by atoms with E-state index in [-0.39, 0.29) is 17.9 Å². The molecule has 2 atom stereocenters. The number of carbonyl (C=O) groups excluding carboxylic acids is 1. The number of nitrogens with two attached hydrogens (primary N) is 1. The van der Waals surface area contributed by atoms with Gasteiger partial charge in [0.2, 0.25) is 5.91 Å². The zero-order chi connectivity index (χ0) is 13.4. The number of amides is 1. The molecule has 0 radical (unpaired) electrons. The monoisotopic (exact) mass is 260 g/mol. The summed E-state index contributed by atoms with van der Waals surface area (Å²) >= 11 is 0. The first kappa shape index (κ1) is 12.5. The molecule has 1 aromatic carbocycles. The summed E-state index contributed by atoms with van der Waals surface area (Å²) in [5.41, 5.74) is 7.40. The molecule has 3 rings (SSSR count). The van der Waals surface area contributed by atoms with Gasteiger partial charge in [0.05, 0.1) is 7.11 Å². The highest BCUT2D eigenvalue weighted by Gasteiger charge is 2.41. The second-order valence-electron chi connectivity index (χ2n) is 5.54. The number of benzene rings is 1. The number of hydrogen-bond donors (Lipinski definition) is 1. The average molecular weight is 260 g/mol. The van der Waals surface area contributed by atoms with Crippen molar-refractivity contribution in [3.8, 4) is 5.75 Å². The second-order valence-corrected chi connectivity index (χ2v) is 5.54. The Morgan fingerprint density at radius 2 is 2.00 bits per heavy atom. The largest absolute Gasteiger partial charge is 0.497 e. The molecule has 19 heavy (non-hydrogen) atoms. The minimum Gasteiger partial charge on any atom is -0.497 e. The van der Waals surface area contributed by atoms with Crippen LogP contribution in [0, 0.1) is 5.92 Å². The highest BCUT2D eigenvalue weighted by Crippen LogP contribution is 2.36. The van der Waals surface area contributed by atoms with E-state index in [4.69, 9.17) is 10.5 Å². The molecule has 2 fully saturated rings. The Hall–Kier alpha value is -1.55. The van der Waals surface area contributed by atoms with Crippen molar-refractivity contribution < 1.29 is 9.53 Å². The standard InChI is InChI=1S/C15H20N2O2/c1-19-13-6-2-10(3-7-13)15(16)11-8-14(18)17(9-11)12-4-5-12/h2-3,6-7,11-12,15H,4-5,8-9,16H2,1H3. The molecule has 1 saturated carbocycles. The number of carbonyl (C=O) groups is 1. The number of nitrogens with zero attached hydrogens (tertiary/aromatic N) is 1. The highest BCUT2D eigenvalue weighted by atomic mass is 16.5. The molecule has 4 heteroatoms. The summed E-state index contributed by atoms with van der Waals surface area (Å²) in [4.78, 5) is 14.0. The van der Waals surface area contributed by atoms with Crippen molar-refractivity contribution in [2.75, 3.05) is 13.7 Å².